The minimum absolute atomic E-state index is 0.0462. The van der Waals surface area contributed by atoms with Crippen molar-refractivity contribution in [1.29, 1.82) is 5.41 Å². The van der Waals surface area contributed by atoms with Gasteiger partial charge < -0.3 is 30.8 Å². The molecule has 2 amide bonds. The molecule has 1 heterocycles. The van der Waals surface area contributed by atoms with Gasteiger partial charge in [-0.3, -0.25) is 14.8 Å². The largest absolute Gasteiger partial charge is 0.482 e. The summed E-state index contributed by atoms with van der Waals surface area (Å²) in [7, 11) is 0. The summed E-state index contributed by atoms with van der Waals surface area (Å²) in [6.07, 6.45) is -0.0112. The molecule has 232 valence electrons. The Morgan fingerprint density at radius 2 is 1.89 bits per heavy atom. The molecule has 0 aromatic heterocycles. The zero-order chi connectivity index (χ0) is 32.2. The lowest BCUT2D eigenvalue weighted by molar-refractivity contribution is -0.138. The zero-order valence-corrected chi connectivity index (χ0v) is 23.3. The number of halogens is 4. The molecule has 14 heteroatoms. The van der Waals surface area contributed by atoms with E-state index in [1.165, 1.54) is 18.4 Å². The average molecular weight is 616 g/mol. The number of nitrogens with one attached hydrogen (secondary N) is 1. The molecule has 2 aromatic rings. The number of aliphatic hydroxyl groups excluding tert-OH is 2. The highest BCUT2D eigenvalue weighted by Crippen LogP contribution is 2.42. The van der Waals surface area contributed by atoms with Crippen LogP contribution in [0.15, 0.2) is 95.4 Å². The van der Waals surface area contributed by atoms with E-state index in [0.29, 0.717) is 11.0 Å². The monoisotopic (exact) mass is 615 g/mol. The second kappa shape index (κ2) is 12.8. The minimum atomic E-state index is -4.93. The maximum Gasteiger partial charge on any atom is 0.420 e. The number of aliphatic imine (C=N–C) groups is 1. The van der Waals surface area contributed by atoms with Crippen molar-refractivity contribution < 1.29 is 42.0 Å². The molecular weight excluding hydrogens is 586 g/mol. The predicted octanol–water partition coefficient (Wildman–Crippen LogP) is 5.21. The van der Waals surface area contributed by atoms with Gasteiger partial charge in [-0.2, -0.15) is 13.2 Å². The summed E-state index contributed by atoms with van der Waals surface area (Å²) in [6, 6.07) is 6.08. The van der Waals surface area contributed by atoms with Gasteiger partial charge in [-0.1, -0.05) is 12.7 Å². The van der Waals surface area contributed by atoms with E-state index >= 15 is 0 Å². The first-order valence-electron chi connectivity index (χ1n) is 13.1. The number of anilines is 1. The van der Waals surface area contributed by atoms with Crippen LogP contribution in [0.1, 0.15) is 18.9 Å². The Bertz CT molecular complexity index is 1550. The van der Waals surface area contributed by atoms with Crippen LogP contribution in [-0.4, -0.2) is 58.3 Å². The highest BCUT2D eigenvalue weighted by atomic mass is 19.4. The second-order valence-corrected chi connectivity index (χ2v) is 9.88. The number of allylic oxidation sites excluding steroid dienone is 3. The Balaban J connectivity index is 1.57. The normalized spacial score (nSPS) is 22.4. The van der Waals surface area contributed by atoms with Crippen LogP contribution in [0, 0.1) is 11.2 Å². The maximum atomic E-state index is 14.0. The number of nitrogens with zero attached hydrogens (tertiary/aromatic N) is 3. The van der Waals surface area contributed by atoms with Crippen molar-refractivity contribution in [2.24, 2.45) is 10.7 Å². The number of carbonyl (C=O) groups is 1. The molecule has 5 N–H and O–H groups in total. The SMILES string of the molecule is C=C(C=N)/C(=C\C=NCN)OC1(C)C=CC(N2C(=O)N(c3ccc(Oc4ccc(F)cc4)c(C(F)(F)F)c3)C(O)C2O)=CC1. The van der Waals surface area contributed by atoms with Crippen molar-refractivity contribution in [2.75, 3.05) is 11.6 Å². The van der Waals surface area contributed by atoms with Crippen LogP contribution in [0.25, 0.3) is 0 Å². The first-order chi connectivity index (χ1) is 20.8. The van der Waals surface area contributed by atoms with Gasteiger partial charge in [-0.25, -0.2) is 9.18 Å². The van der Waals surface area contributed by atoms with Gasteiger partial charge in [0.15, 0.2) is 12.5 Å². The summed E-state index contributed by atoms with van der Waals surface area (Å²) >= 11 is 0. The molecule has 0 saturated carbocycles. The Kier molecular flexibility index (Phi) is 9.37. The molecular formula is C30H29F4N5O5. The molecule has 2 aromatic carbocycles. The lowest BCUT2D eigenvalue weighted by Crippen LogP contribution is -2.37. The number of rotatable bonds is 10. The number of hydrogen-bond donors (Lipinski definition) is 4. The number of hydrogen-bond acceptors (Lipinski definition) is 8. The Morgan fingerprint density at radius 3 is 2.48 bits per heavy atom. The molecule has 1 aliphatic carbocycles. The highest BCUT2D eigenvalue weighted by molar-refractivity contribution is 5.96. The van der Waals surface area contributed by atoms with E-state index in [-0.39, 0.29) is 41.6 Å². The van der Waals surface area contributed by atoms with Gasteiger partial charge in [-0.15, -0.1) is 0 Å². The fraction of sp³-hybridized carbons (Fsp3) is 0.233. The van der Waals surface area contributed by atoms with E-state index in [1.54, 1.807) is 19.1 Å². The molecule has 1 aliphatic heterocycles. The van der Waals surface area contributed by atoms with E-state index < -0.39 is 47.4 Å². The summed E-state index contributed by atoms with van der Waals surface area (Å²) in [5, 5.41) is 29.0. The number of nitrogens with two attached hydrogens (primary N) is 1. The number of carbonyl (C=O) groups excluding carboxylic acids is 1. The van der Waals surface area contributed by atoms with Crippen LogP contribution in [0.4, 0.5) is 28.0 Å². The second-order valence-electron chi connectivity index (χ2n) is 9.88. The number of ether oxygens (including phenoxy) is 2. The van der Waals surface area contributed by atoms with E-state index in [0.717, 1.165) is 47.5 Å². The quantitative estimate of drug-likeness (QED) is 0.125. The molecule has 0 radical (unpaired) electrons. The van der Waals surface area contributed by atoms with Gasteiger partial charge in [0.25, 0.3) is 0 Å². The number of benzene rings is 2. The maximum absolute atomic E-state index is 14.0. The first kappa shape index (κ1) is 32.1. The van der Waals surface area contributed by atoms with Crippen LogP contribution >= 0.6 is 0 Å². The Hall–Kier alpha value is -4.79. The lowest BCUT2D eigenvalue weighted by Gasteiger charge is -2.32. The van der Waals surface area contributed by atoms with Gasteiger partial charge >= 0.3 is 12.2 Å². The lowest BCUT2D eigenvalue weighted by atomic mass is 9.95. The first-order valence-corrected chi connectivity index (χ1v) is 13.1. The van der Waals surface area contributed by atoms with Crippen molar-refractivity contribution >= 4 is 24.1 Å². The summed E-state index contributed by atoms with van der Waals surface area (Å²) < 4.78 is 66.6. The third-order valence-corrected chi connectivity index (χ3v) is 6.67. The van der Waals surface area contributed by atoms with E-state index in [9.17, 15) is 32.6 Å². The standard InChI is InChI=1S/C30H29F4N5O5/c1-18(16-35)24(11-14-37-17-36)44-29(2)12-9-20(10-13-29)38-26(40)27(41)39(28(38)42)21-5-8-25(23(15-21)30(32,33)34)43-22-6-3-19(31)4-7-22/h3-12,14-16,26-27,35,40-41H,1,13,17,36H2,2H3/b24-11+,35-16?,37-14?. The molecule has 3 atom stereocenters. The Morgan fingerprint density at radius 1 is 1.20 bits per heavy atom. The van der Waals surface area contributed by atoms with Crippen molar-refractivity contribution in [2.45, 2.75) is 37.6 Å². The molecule has 0 spiro atoms. The van der Waals surface area contributed by atoms with E-state index in [4.69, 9.17) is 20.6 Å². The highest BCUT2D eigenvalue weighted by Gasteiger charge is 2.47. The topological polar surface area (TPSA) is 145 Å². The molecule has 44 heavy (non-hydrogen) atoms. The van der Waals surface area contributed by atoms with E-state index in [1.807, 2.05) is 0 Å². The fourth-order valence-corrected chi connectivity index (χ4v) is 4.41. The van der Waals surface area contributed by atoms with Crippen molar-refractivity contribution in [3.05, 3.63) is 102 Å². The van der Waals surface area contributed by atoms with Gasteiger partial charge in [0, 0.05) is 35.8 Å². The summed E-state index contributed by atoms with van der Waals surface area (Å²) in [5.74, 6) is -1.02. The zero-order valence-electron chi connectivity index (χ0n) is 23.3. The molecule has 3 unspecified atom stereocenters. The number of urea groups is 1. The van der Waals surface area contributed by atoms with Crippen molar-refractivity contribution in [1.82, 2.24) is 4.90 Å². The summed E-state index contributed by atoms with van der Waals surface area (Å²) in [5.41, 5.74) is 3.19. The molecule has 0 bridgehead atoms. The van der Waals surface area contributed by atoms with Gasteiger partial charge in [0.2, 0.25) is 0 Å². The van der Waals surface area contributed by atoms with Crippen molar-refractivity contribution in [3.63, 3.8) is 0 Å². The molecule has 2 aliphatic rings. The third kappa shape index (κ3) is 6.88. The van der Waals surface area contributed by atoms with Gasteiger partial charge in [0.05, 0.1) is 6.67 Å². The number of aliphatic hydroxyl groups is 2. The van der Waals surface area contributed by atoms with Crippen LogP contribution in [0.2, 0.25) is 0 Å². The number of alkyl halides is 3. The molecule has 1 saturated heterocycles. The van der Waals surface area contributed by atoms with Crippen LogP contribution < -0.4 is 15.4 Å². The molecule has 1 fully saturated rings. The van der Waals surface area contributed by atoms with Crippen LogP contribution in [-0.2, 0) is 10.9 Å². The van der Waals surface area contributed by atoms with E-state index in [2.05, 4.69) is 11.6 Å². The number of amides is 2. The molecule has 4 rings (SSSR count). The smallest absolute Gasteiger partial charge is 0.420 e. The molecule has 10 nitrogen and oxygen atoms in total. The predicted molar refractivity (Wildman–Crippen MR) is 155 cm³/mol. The average Bonchev–Trinajstić information content (AvgIpc) is 3.20. The van der Waals surface area contributed by atoms with Gasteiger partial charge in [0.1, 0.15) is 34.2 Å². The van der Waals surface area contributed by atoms with Crippen molar-refractivity contribution in [3.8, 4) is 11.5 Å². The fourth-order valence-electron chi connectivity index (χ4n) is 4.41. The minimum Gasteiger partial charge on any atom is -0.482 e. The van der Waals surface area contributed by atoms with Crippen LogP contribution in [0.3, 0.4) is 0 Å². The summed E-state index contributed by atoms with van der Waals surface area (Å²) in [6.45, 7) is 5.53. The summed E-state index contributed by atoms with van der Waals surface area (Å²) in [4.78, 5) is 18.8. The Labute approximate surface area is 249 Å². The third-order valence-electron chi connectivity index (χ3n) is 6.67. The van der Waals surface area contributed by atoms with Gasteiger partial charge in [-0.05, 0) is 67.6 Å². The van der Waals surface area contributed by atoms with Crippen LogP contribution in [0.5, 0.6) is 11.5 Å².